The van der Waals surface area contributed by atoms with Crippen LogP contribution in [0.25, 0.3) is 0 Å². The smallest absolute Gasteiger partial charge is 0.214 e. The summed E-state index contributed by atoms with van der Waals surface area (Å²) >= 11 is 0. The molecule has 3 N–H and O–H groups in total. The van der Waals surface area contributed by atoms with Crippen molar-refractivity contribution in [1.29, 1.82) is 0 Å². The van der Waals surface area contributed by atoms with E-state index >= 15 is 0 Å². The van der Waals surface area contributed by atoms with E-state index in [1.54, 1.807) is 0 Å². The van der Waals surface area contributed by atoms with Crippen LogP contribution in [0.3, 0.4) is 0 Å². The number of hydrogen-bond acceptors (Lipinski definition) is 4. The van der Waals surface area contributed by atoms with Gasteiger partial charge in [-0.3, -0.25) is 5.32 Å². The summed E-state index contributed by atoms with van der Waals surface area (Å²) in [4.78, 5) is 0. The molecule has 0 aromatic heterocycles. The molecule has 1 aromatic rings. The second kappa shape index (κ2) is 5.20. The molecule has 1 unspecified atom stereocenters. The third-order valence-corrected chi connectivity index (χ3v) is 3.45. The van der Waals surface area contributed by atoms with Crippen LogP contribution in [0.15, 0.2) is 42.0 Å². The van der Waals surface area contributed by atoms with Gasteiger partial charge < -0.3 is 15.2 Å². The van der Waals surface area contributed by atoms with E-state index in [1.165, 1.54) is 5.57 Å². The minimum atomic E-state index is -0.912. The first-order valence-corrected chi connectivity index (χ1v) is 6.34. The van der Waals surface area contributed by atoms with E-state index in [0.29, 0.717) is 12.5 Å². The lowest BCUT2D eigenvalue weighted by Gasteiger charge is -2.26. The van der Waals surface area contributed by atoms with Crippen LogP contribution in [0.2, 0.25) is 0 Å². The Morgan fingerprint density at radius 3 is 3.06 bits per heavy atom. The standard InChI is InChI=1S/C14H18N2O2/c17-14(18-9-10-4-2-1-3-5-10)16-13-8-15-7-11-6-12(11)13/h1-6,12-17H,7-9H2/t12-,13+,14?/m1/s1. The molecule has 3 rings (SSSR count). The number of nitrogens with one attached hydrogen (secondary N) is 2. The van der Waals surface area contributed by atoms with Crippen LogP contribution in [-0.2, 0) is 11.3 Å². The lowest BCUT2D eigenvalue weighted by Crippen LogP contribution is -2.49. The van der Waals surface area contributed by atoms with Crippen molar-refractivity contribution in [2.24, 2.45) is 5.92 Å². The summed E-state index contributed by atoms with van der Waals surface area (Å²) < 4.78 is 5.39. The predicted octanol–water partition coefficient (Wildman–Crippen LogP) is 0.597. The lowest BCUT2D eigenvalue weighted by molar-refractivity contribution is -0.135. The van der Waals surface area contributed by atoms with Crippen molar-refractivity contribution >= 4 is 0 Å². The molecular formula is C14H18N2O2. The van der Waals surface area contributed by atoms with E-state index in [9.17, 15) is 5.11 Å². The first-order valence-electron chi connectivity index (χ1n) is 6.34. The number of piperidine rings is 1. The van der Waals surface area contributed by atoms with Crippen LogP contribution in [0.1, 0.15) is 5.56 Å². The zero-order valence-corrected chi connectivity index (χ0v) is 10.2. The van der Waals surface area contributed by atoms with E-state index < -0.39 is 6.41 Å². The van der Waals surface area contributed by atoms with Crippen molar-refractivity contribution in [3.63, 3.8) is 0 Å². The van der Waals surface area contributed by atoms with Crippen LogP contribution in [0, 0.1) is 5.92 Å². The Morgan fingerprint density at radius 2 is 2.22 bits per heavy atom. The SMILES string of the molecule is OC(N[C@H]1CNCC2=C[C@H]21)OCc1ccccc1. The Labute approximate surface area is 107 Å². The molecule has 0 bridgehead atoms. The fraction of sp³-hybridized carbons (Fsp3) is 0.429. The fourth-order valence-electron chi connectivity index (χ4n) is 2.38. The van der Waals surface area contributed by atoms with Crippen LogP contribution in [-0.4, -0.2) is 30.7 Å². The molecule has 18 heavy (non-hydrogen) atoms. The maximum atomic E-state index is 9.81. The van der Waals surface area contributed by atoms with Gasteiger partial charge in [0.15, 0.2) is 0 Å². The highest BCUT2D eigenvalue weighted by molar-refractivity contribution is 5.35. The molecule has 0 radical (unpaired) electrons. The monoisotopic (exact) mass is 246 g/mol. The average Bonchev–Trinajstić information content (AvgIpc) is 3.18. The molecule has 1 aliphatic carbocycles. The molecule has 0 saturated carbocycles. The Kier molecular flexibility index (Phi) is 3.43. The summed E-state index contributed by atoms with van der Waals surface area (Å²) in [6, 6.07) is 10.1. The molecule has 4 nitrogen and oxygen atoms in total. The van der Waals surface area contributed by atoms with E-state index in [-0.39, 0.29) is 6.04 Å². The van der Waals surface area contributed by atoms with Gasteiger partial charge in [-0.15, -0.1) is 0 Å². The van der Waals surface area contributed by atoms with Crippen molar-refractivity contribution in [2.45, 2.75) is 19.1 Å². The molecule has 0 amide bonds. The minimum absolute atomic E-state index is 0.250. The first kappa shape index (κ1) is 11.9. The maximum Gasteiger partial charge on any atom is 0.214 e. The normalized spacial score (nSPS) is 27.3. The molecule has 1 aromatic carbocycles. The molecule has 3 atom stereocenters. The van der Waals surface area contributed by atoms with Crippen molar-refractivity contribution < 1.29 is 9.84 Å². The third kappa shape index (κ3) is 2.79. The van der Waals surface area contributed by atoms with Gasteiger partial charge >= 0.3 is 0 Å². The molecule has 1 heterocycles. The zero-order chi connectivity index (χ0) is 12.4. The molecule has 96 valence electrons. The van der Waals surface area contributed by atoms with Gasteiger partial charge in [-0.05, 0) is 5.56 Å². The van der Waals surface area contributed by atoms with Gasteiger partial charge in [-0.2, -0.15) is 0 Å². The van der Waals surface area contributed by atoms with E-state index in [4.69, 9.17) is 4.74 Å². The number of ether oxygens (including phenoxy) is 1. The summed E-state index contributed by atoms with van der Waals surface area (Å²) in [5, 5.41) is 16.2. The molecule has 1 aliphatic heterocycles. The number of hydrogen-bond donors (Lipinski definition) is 3. The quantitative estimate of drug-likeness (QED) is 0.526. The lowest BCUT2D eigenvalue weighted by atomic mass is 10.1. The second-order valence-electron chi connectivity index (χ2n) is 4.82. The molecule has 4 heteroatoms. The minimum Gasteiger partial charge on any atom is -0.356 e. The van der Waals surface area contributed by atoms with Crippen molar-refractivity contribution in [3.05, 3.63) is 47.5 Å². The van der Waals surface area contributed by atoms with E-state index in [1.807, 2.05) is 30.3 Å². The number of fused-ring (bicyclic) bond motifs is 1. The summed E-state index contributed by atoms with van der Waals surface area (Å²) in [5.74, 6) is 0.515. The first-order chi connectivity index (χ1) is 8.83. The summed E-state index contributed by atoms with van der Waals surface area (Å²) in [6.45, 7) is 2.28. The predicted molar refractivity (Wildman–Crippen MR) is 68.6 cm³/mol. The maximum absolute atomic E-state index is 9.81. The van der Waals surface area contributed by atoms with Gasteiger partial charge in [0, 0.05) is 25.0 Å². The Hall–Kier alpha value is -1.20. The topological polar surface area (TPSA) is 53.5 Å². The number of aliphatic hydroxyl groups excluding tert-OH is 1. The highest BCUT2D eigenvalue weighted by atomic mass is 16.6. The summed E-state index contributed by atoms with van der Waals surface area (Å²) in [6.07, 6.45) is 1.33. The van der Waals surface area contributed by atoms with Crippen molar-refractivity contribution in [3.8, 4) is 0 Å². The highest BCUT2D eigenvalue weighted by Gasteiger charge is 2.36. The van der Waals surface area contributed by atoms with E-state index in [2.05, 4.69) is 16.7 Å². The molecule has 0 spiro atoms. The Morgan fingerprint density at radius 1 is 1.39 bits per heavy atom. The van der Waals surface area contributed by atoms with Crippen molar-refractivity contribution in [2.75, 3.05) is 13.1 Å². The average molecular weight is 246 g/mol. The largest absolute Gasteiger partial charge is 0.356 e. The van der Waals surface area contributed by atoms with Crippen LogP contribution >= 0.6 is 0 Å². The van der Waals surface area contributed by atoms with Gasteiger partial charge in [0.1, 0.15) is 0 Å². The highest BCUT2D eigenvalue weighted by Crippen LogP contribution is 2.33. The van der Waals surface area contributed by atoms with Gasteiger partial charge in [0.25, 0.3) is 0 Å². The summed E-state index contributed by atoms with van der Waals surface area (Å²) in [5.41, 5.74) is 2.50. The Bertz CT molecular complexity index is 433. The number of aliphatic hydroxyl groups is 1. The molecule has 1 saturated heterocycles. The number of benzene rings is 1. The molecule has 1 fully saturated rings. The second-order valence-corrected chi connectivity index (χ2v) is 4.82. The van der Waals surface area contributed by atoms with Gasteiger partial charge in [-0.25, -0.2) is 0 Å². The summed E-state index contributed by atoms with van der Waals surface area (Å²) in [7, 11) is 0. The molecular weight excluding hydrogens is 228 g/mol. The van der Waals surface area contributed by atoms with Crippen LogP contribution < -0.4 is 10.6 Å². The van der Waals surface area contributed by atoms with Gasteiger partial charge in [0.2, 0.25) is 6.41 Å². The van der Waals surface area contributed by atoms with Gasteiger partial charge in [0.05, 0.1) is 6.61 Å². The van der Waals surface area contributed by atoms with Gasteiger partial charge in [-0.1, -0.05) is 42.0 Å². The Balaban J connectivity index is 1.43. The zero-order valence-electron chi connectivity index (χ0n) is 10.2. The number of rotatable bonds is 5. The third-order valence-electron chi connectivity index (χ3n) is 3.45. The van der Waals surface area contributed by atoms with Crippen molar-refractivity contribution in [1.82, 2.24) is 10.6 Å². The molecule has 2 aliphatic rings. The van der Waals surface area contributed by atoms with Crippen LogP contribution in [0.4, 0.5) is 0 Å². The van der Waals surface area contributed by atoms with Crippen LogP contribution in [0.5, 0.6) is 0 Å². The van der Waals surface area contributed by atoms with E-state index in [0.717, 1.165) is 18.7 Å². The fourth-order valence-corrected chi connectivity index (χ4v) is 2.38.